The molecule has 0 amide bonds. The van der Waals surface area contributed by atoms with Crippen LogP contribution in [0.15, 0.2) is 42.5 Å². The van der Waals surface area contributed by atoms with E-state index in [1.807, 2.05) is 18.2 Å². The van der Waals surface area contributed by atoms with Crippen molar-refractivity contribution in [3.63, 3.8) is 0 Å². The second-order valence-corrected chi connectivity index (χ2v) is 7.54. The molecule has 0 saturated carbocycles. The molecule has 2 aromatic rings. The molecule has 5 heteroatoms. The summed E-state index contributed by atoms with van der Waals surface area (Å²) in [5.74, 6) is 2.61. The van der Waals surface area contributed by atoms with Crippen LogP contribution in [0.4, 0.5) is 0 Å². The van der Waals surface area contributed by atoms with Crippen LogP contribution in [0.1, 0.15) is 30.9 Å². The van der Waals surface area contributed by atoms with Crippen molar-refractivity contribution in [2.45, 2.75) is 32.9 Å². The smallest absolute Gasteiger partial charge is 0.127 e. The molecule has 29 heavy (non-hydrogen) atoms. The summed E-state index contributed by atoms with van der Waals surface area (Å²) in [5, 5.41) is 0. The van der Waals surface area contributed by atoms with Gasteiger partial charge >= 0.3 is 0 Å². The van der Waals surface area contributed by atoms with Crippen molar-refractivity contribution in [3.05, 3.63) is 53.6 Å². The van der Waals surface area contributed by atoms with E-state index in [1.165, 1.54) is 17.5 Å². The summed E-state index contributed by atoms with van der Waals surface area (Å²) < 4.78 is 16.8. The van der Waals surface area contributed by atoms with E-state index >= 15 is 0 Å². The quantitative estimate of drug-likeness (QED) is 0.496. The maximum atomic E-state index is 5.91. The van der Waals surface area contributed by atoms with Crippen molar-refractivity contribution in [1.82, 2.24) is 9.80 Å². The van der Waals surface area contributed by atoms with Gasteiger partial charge in [0.15, 0.2) is 0 Å². The fraction of sp³-hybridized carbons (Fsp3) is 0.500. The molecule has 0 N–H and O–H groups in total. The number of unbranched alkanes of at least 4 members (excludes halogenated alkanes) is 1. The summed E-state index contributed by atoms with van der Waals surface area (Å²) in [6.07, 6.45) is 2.33. The minimum Gasteiger partial charge on any atom is -0.497 e. The molecule has 0 aliphatic rings. The number of rotatable bonds is 13. The lowest BCUT2D eigenvalue weighted by molar-refractivity contribution is 0.245. The second-order valence-electron chi connectivity index (χ2n) is 7.54. The first-order valence-electron chi connectivity index (χ1n) is 10.4. The Morgan fingerprint density at radius 2 is 1.69 bits per heavy atom. The molecule has 0 radical (unpaired) electrons. The van der Waals surface area contributed by atoms with E-state index in [4.69, 9.17) is 14.2 Å². The Bertz CT molecular complexity index is 734. The minimum atomic E-state index is 0.694. The predicted octanol–water partition coefficient (Wildman–Crippen LogP) is 4.45. The van der Waals surface area contributed by atoms with Gasteiger partial charge in [-0.05, 0) is 50.8 Å². The van der Waals surface area contributed by atoms with Crippen LogP contribution < -0.4 is 14.2 Å². The normalized spacial score (nSPS) is 11.1. The van der Waals surface area contributed by atoms with Crippen LogP contribution in [0.2, 0.25) is 0 Å². The van der Waals surface area contributed by atoms with Crippen LogP contribution >= 0.6 is 0 Å². The lowest BCUT2D eigenvalue weighted by Gasteiger charge is -2.24. The standard InChI is InChI=1S/C24H36N2O3/c1-6-7-13-26(19-21-11-12-22(27-4)17-24(21)28-5)18-20-9-8-10-23(16-20)29-15-14-25(2)3/h8-12,16-17H,6-7,13-15,18-19H2,1-5H3. The van der Waals surface area contributed by atoms with Gasteiger partial charge in [0.25, 0.3) is 0 Å². The molecule has 0 aliphatic carbocycles. The fourth-order valence-electron chi connectivity index (χ4n) is 3.16. The van der Waals surface area contributed by atoms with Gasteiger partial charge in [0, 0.05) is 31.3 Å². The van der Waals surface area contributed by atoms with Crippen molar-refractivity contribution >= 4 is 0 Å². The van der Waals surface area contributed by atoms with Crippen LogP contribution in [-0.4, -0.2) is 57.8 Å². The molecule has 0 atom stereocenters. The summed E-state index contributed by atoms with van der Waals surface area (Å²) in [4.78, 5) is 4.59. The van der Waals surface area contributed by atoms with Gasteiger partial charge in [0.05, 0.1) is 14.2 Å². The molecule has 2 rings (SSSR count). The van der Waals surface area contributed by atoms with Gasteiger partial charge in [-0.3, -0.25) is 4.90 Å². The molecule has 0 fully saturated rings. The van der Waals surface area contributed by atoms with Gasteiger partial charge in [-0.1, -0.05) is 31.5 Å². The van der Waals surface area contributed by atoms with Crippen molar-refractivity contribution in [3.8, 4) is 17.2 Å². The van der Waals surface area contributed by atoms with Crippen molar-refractivity contribution in [2.75, 3.05) is 48.0 Å². The number of likely N-dealkylation sites (N-methyl/N-ethyl adjacent to an activating group) is 1. The topological polar surface area (TPSA) is 34.2 Å². The molecule has 0 spiro atoms. The third kappa shape index (κ3) is 7.95. The highest BCUT2D eigenvalue weighted by atomic mass is 16.5. The van der Waals surface area contributed by atoms with Crippen LogP contribution in [0.25, 0.3) is 0 Å². The van der Waals surface area contributed by atoms with Crippen LogP contribution in [0, 0.1) is 0 Å². The SMILES string of the molecule is CCCCN(Cc1cccc(OCCN(C)C)c1)Cc1ccc(OC)cc1OC. The largest absolute Gasteiger partial charge is 0.497 e. The van der Waals surface area contributed by atoms with Gasteiger partial charge in [-0.15, -0.1) is 0 Å². The van der Waals surface area contributed by atoms with Gasteiger partial charge in [-0.25, -0.2) is 0 Å². The Morgan fingerprint density at radius 3 is 2.38 bits per heavy atom. The first-order valence-corrected chi connectivity index (χ1v) is 10.4. The first kappa shape index (κ1) is 23.0. The van der Waals surface area contributed by atoms with E-state index < -0.39 is 0 Å². The third-order valence-electron chi connectivity index (χ3n) is 4.83. The van der Waals surface area contributed by atoms with Crippen molar-refractivity contribution in [2.24, 2.45) is 0 Å². The summed E-state index contributed by atoms with van der Waals surface area (Å²) in [6, 6.07) is 14.5. The molecule has 0 saturated heterocycles. The average Bonchev–Trinajstić information content (AvgIpc) is 2.72. The van der Waals surface area contributed by atoms with Crippen LogP contribution in [0.3, 0.4) is 0 Å². The van der Waals surface area contributed by atoms with Gasteiger partial charge in [-0.2, -0.15) is 0 Å². The first-order chi connectivity index (χ1) is 14.0. The average molecular weight is 401 g/mol. The van der Waals surface area contributed by atoms with Crippen molar-refractivity contribution < 1.29 is 14.2 Å². The van der Waals surface area contributed by atoms with E-state index in [9.17, 15) is 0 Å². The van der Waals surface area contributed by atoms with Gasteiger partial charge in [0.1, 0.15) is 23.9 Å². The zero-order chi connectivity index (χ0) is 21.1. The second kappa shape index (κ2) is 12.3. The summed E-state index contributed by atoms with van der Waals surface area (Å²) in [6.45, 7) is 6.57. The molecule has 5 nitrogen and oxygen atoms in total. The Labute approximate surface area is 176 Å². The fourth-order valence-corrected chi connectivity index (χ4v) is 3.16. The number of nitrogens with zero attached hydrogens (tertiary/aromatic N) is 2. The van der Waals surface area contributed by atoms with Gasteiger partial charge in [0.2, 0.25) is 0 Å². The highest BCUT2D eigenvalue weighted by Crippen LogP contribution is 2.26. The Balaban J connectivity index is 2.09. The number of methoxy groups -OCH3 is 2. The third-order valence-corrected chi connectivity index (χ3v) is 4.83. The number of ether oxygens (including phenoxy) is 3. The van der Waals surface area contributed by atoms with Crippen LogP contribution in [0.5, 0.6) is 17.2 Å². The molecule has 0 unspecified atom stereocenters. The zero-order valence-corrected chi connectivity index (χ0v) is 18.6. The van der Waals surface area contributed by atoms with Crippen LogP contribution in [-0.2, 0) is 13.1 Å². The summed E-state index contributed by atoms with van der Waals surface area (Å²) in [5.41, 5.74) is 2.43. The molecule has 2 aromatic carbocycles. The Hall–Kier alpha value is -2.24. The predicted molar refractivity (Wildman–Crippen MR) is 119 cm³/mol. The highest BCUT2D eigenvalue weighted by Gasteiger charge is 2.12. The van der Waals surface area contributed by atoms with Gasteiger partial charge < -0.3 is 19.1 Å². The Morgan fingerprint density at radius 1 is 0.862 bits per heavy atom. The molecule has 0 heterocycles. The lowest BCUT2D eigenvalue weighted by Crippen LogP contribution is -2.24. The van der Waals surface area contributed by atoms with E-state index in [0.717, 1.165) is 49.8 Å². The minimum absolute atomic E-state index is 0.694. The maximum absolute atomic E-state index is 5.91. The molecule has 0 aliphatic heterocycles. The highest BCUT2D eigenvalue weighted by molar-refractivity contribution is 5.40. The summed E-state index contributed by atoms with van der Waals surface area (Å²) in [7, 11) is 7.50. The van der Waals surface area contributed by atoms with E-state index in [-0.39, 0.29) is 0 Å². The van der Waals surface area contributed by atoms with E-state index in [1.54, 1.807) is 14.2 Å². The molecule has 0 aromatic heterocycles. The Kier molecular flexibility index (Phi) is 9.81. The molecular formula is C24H36N2O3. The zero-order valence-electron chi connectivity index (χ0n) is 18.6. The number of hydrogen-bond donors (Lipinski definition) is 0. The molecule has 0 bridgehead atoms. The molecular weight excluding hydrogens is 364 g/mol. The monoisotopic (exact) mass is 400 g/mol. The summed E-state index contributed by atoms with van der Waals surface area (Å²) >= 11 is 0. The number of benzene rings is 2. The van der Waals surface area contributed by atoms with Crippen molar-refractivity contribution in [1.29, 1.82) is 0 Å². The van der Waals surface area contributed by atoms with E-state index in [2.05, 4.69) is 55.1 Å². The van der Waals surface area contributed by atoms with E-state index in [0.29, 0.717) is 6.61 Å². The lowest BCUT2D eigenvalue weighted by atomic mass is 10.1. The maximum Gasteiger partial charge on any atom is 0.127 e. The number of hydrogen-bond acceptors (Lipinski definition) is 5. The molecule has 160 valence electrons.